The summed E-state index contributed by atoms with van der Waals surface area (Å²) in [6.45, 7) is 0.895. The summed E-state index contributed by atoms with van der Waals surface area (Å²) in [4.78, 5) is 12.5. The molecule has 0 unspecified atom stereocenters. The Morgan fingerprint density at radius 3 is 2.38 bits per heavy atom. The SMILES string of the molecule is COCCCOc1cc(C#N)cc(Oc2cc3c(cc2NS(=O)(=O)c2ccn(C)n2)n(C)c(=O)n3C)c1. The number of anilines is 1. The third kappa shape index (κ3) is 5.45. The molecular weight excluding hydrogens is 500 g/mol. The molecule has 2 aromatic heterocycles. The molecule has 1 N–H and O–H groups in total. The van der Waals surface area contributed by atoms with Crippen molar-refractivity contribution in [2.75, 3.05) is 25.0 Å². The lowest BCUT2D eigenvalue weighted by Gasteiger charge is -2.15. The first-order chi connectivity index (χ1) is 17.6. The fraction of sp³-hybridized carbons (Fsp3) is 0.292. The van der Waals surface area contributed by atoms with E-state index in [0.717, 1.165) is 0 Å². The molecule has 0 saturated carbocycles. The molecule has 0 aliphatic carbocycles. The smallest absolute Gasteiger partial charge is 0.328 e. The summed E-state index contributed by atoms with van der Waals surface area (Å²) in [5.74, 6) is 0.780. The van der Waals surface area contributed by atoms with Crippen LogP contribution in [-0.4, -0.2) is 47.7 Å². The molecular formula is C24H26N6O6S. The molecule has 0 saturated heterocycles. The van der Waals surface area contributed by atoms with E-state index >= 15 is 0 Å². The molecule has 12 nitrogen and oxygen atoms in total. The molecule has 0 aliphatic rings. The zero-order chi connectivity index (χ0) is 26.7. The number of benzene rings is 2. The Morgan fingerprint density at radius 2 is 1.73 bits per heavy atom. The first-order valence-electron chi connectivity index (χ1n) is 11.2. The van der Waals surface area contributed by atoms with Gasteiger partial charge in [0.25, 0.3) is 10.0 Å². The van der Waals surface area contributed by atoms with Gasteiger partial charge in [-0.2, -0.15) is 18.8 Å². The summed E-state index contributed by atoms with van der Waals surface area (Å²) in [7, 11) is 2.33. The highest BCUT2D eigenvalue weighted by Gasteiger charge is 2.22. The number of fused-ring (bicyclic) bond motifs is 1. The molecule has 0 atom stereocenters. The van der Waals surface area contributed by atoms with E-state index in [4.69, 9.17) is 14.2 Å². The minimum atomic E-state index is -4.08. The van der Waals surface area contributed by atoms with Crippen LogP contribution in [0.5, 0.6) is 17.2 Å². The summed E-state index contributed by atoms with van der Waals surface area (Å²) in [5, 5.41) is 13.3. The van der Waals surface area contributed by atoms with Crippen LogP contribution in [0.15, 0.2) is 52.4 Å². The van der Waals surface area contributed by atoms with Crippen molar-refractivity contribution in [2.24, 2.45) is 21.1 Å². The lowest BCUT2D eigenvalue weighted by atomic mass is 10.2. The van der Waals surface area contributed by atoms with Crippen molar-refractivity contribution in [3.05, 3.63) is 58.6 Å². The molecule has 0 bridgehead atoms. The minimum Gasteiger partial charge on any atom is -0.493 e. The topological polar surface area (TPSA) is 142 Å². The maximum absolute atomic E-state index is 13.0. The van der Waals surface area contributed by atoms with Crippen molar-refractivity contribution < 1.29 is 22.6 Å². The molecule has 194 valence electrons. The summed E-state index contributed by atoms with van der Waals surface area (Å²) in [5.41, 5.74) is 1.11. The summed E-state index contributed by atoms with van der Waals surface area (Å²) >= 11 is 0. The Balaban J connectivity index is 1.77. The van der Waals surface area contributed by atoms with Gasteiger partial charge in [-0.1, -0.05) is 0 Å². The van der Waals surface area contributed by atoms with E-state index in [-0.39, 0.29) is 27.9 Å². The maximum atomic E-state index is 13.0. The van der Waals surface area contributed by atoms with Crippen LogP contribution in [0.1, 0.15) is 12.0 Å². The fourth-order valence-corrected chi connectivity index (χ4v) is 4.75. The van der Waals surface area contributed by atoms with Crippen LogP contribution in [0.3, 0.4) is 0 Å². The third-order valence-corrected chi connectivity index (χ3v) is 6.84. The lowest BCUT2D eigenvalue weighted by molar-refractivity contribution is 0.172. The number of hydrogen-bond donors (Lipinski definition) is 1. The van der Waals surface area contributed by atoms with Gasteiger partial charge in [-0.3, -0.25) is 18.5 Å². The monoisotopic (exact) mass is 526 g/mol. The zero-order valence-corrected chi connectivity index (χ0v) is 21.6. The van der Waals surface area contributed by atoms with E-state index in [1.807, 2.05) is 0 Å². The van der Waals surface area contributed by atoms with Gasteiger partial charge in [0, 0.05) is 59.6 Å². The van der Waals surface area contributed by atoms with Crippen LogP contribution in [0.2, 0.25) is 0 Å². The Hall–Kier alpha value is -4.28. The molecule has 0 amide bonds. The largest absolute Gasteiger partial charge is 0.493 e. The number of ether oxygens (including phenoxy) is 3. The number of imidazole rings is 1. The molecule has 2 aromatic carbocycles. The van der Waals surface area contributed by atoms with Gasteiger partial charge in [0.1, 0.15) is 11.5 Å². The van der Waals surface area contributed by atoms with Crippen LogP contribution in [0, 0.1) is 11.3 Å². The standard InChI is InChI=1S/C24H26N6O6S/c1-28-7-6-23(26-28)37(32,33)27-19-13-20-21(30(3)24(31)29(20)2)14-22(19)36-18-11-16(15-25)10-17(12-18)35-9-5-8-34-4/h6-7,10-14,27H,5,8-9H2,1-4H3. The highest BCUT2D eigenvalue weighted by atomic mass is 32.2. The average molecular weight is 527 g/mol. The highest BCUT2D eigenvalue weighted by molar-refractivity contribution is 7.92. The molecule has 4 rings (SSSR count). The number of nitrogens with one attached hydrogen (secondary N) is 1. The average Bonchev–Trinajstić information content (AvgIpc) is 3.40. The van der Waals surface area contributed by atoms with Crippen LogP contribution in [0.4, 0.5) is 5.69 Å². The molecule has 37 heavy (non-hydrogen) atoms. The van der Waals surface area contributed by atoms with Gasteiger partial charge in [0.05, 0.1) is 35.0 Å². The van der Waals surface area contributed by atoms with Gasteiger partial charge in [-0.25, -0.2) is 4.79 Å². The van der Waals surface area contributed by atoms with Crippen molar-refractivity contribution in [1.82, 2.24) is 18.9 Å². The number of hydrogen-bond acceptors (Lipinski definition) is 8. The molecule has 0 radical (unpaired) electrons. The number of nitrogens with zero attached hydrogens (tertiary/aromatic N) is 5. The Bertz CT molecular complexity index is 1660. The fourth-order valence-electron chi connectivity index (χ4n) is 3.72. The quantitative estimate of drug-likeness (QED) is 0.311. The highest BCUT2D eigenvalue weighted by Crippen LogP contribution is 2.36. The van der Waals surface area contributed by atoms with Crippen molar-refractivity contribution in [2.45, 2.75) is 11.4 Å². The van der Waals surface area contributed by atoms with E-state index in [2.05, 4.69) is 15.9 Å². The van der Waals surface area contributed by atoms with Crippen molar-refractivity contribution in [3.8, 4) is 23.3 Å². The van der Waals surface area contributed by atoms with Crippen molar-refractivity contribution in [1.29, 1.82) is 5.26 Å². The first kappa shape index (κ1) is 25.8. The first-order valence-corrected chi connectivity index (χ1v) is 12.7. The van der Waals surface area contributed by atoms with Gasteiger partial charge in [-0.05, 0) is 24.3 Å². The Morgan fingerprint density at radius 1 is 1.03 bits per heavy atom. The number of rotatable bonds is 10. The number of aromatic nitrogens is 4. The summed E-state index contributed by atoms with van der Waals surface area (Å²) < 4.78 is 49.6. The maximum Gasteiger partial charge on any atom is 0.328 e. The molecule has 0 fully saturated rings. The van der Waals surface area contributed by atoms with Gasteiger partial charge in [0.2, 0.25) is 0 Å². The Labute approximate surface area is 213 Å². The second-order valence-electron chi connectivity index (χ2n) is 8.27. The number of methoxy groups -OCH3 is 1. The van der Waals surface area contributed by atoms with Crippen LogP contribution in [-0.2, 0) is 35.9 Å². The van der Waals surface area contributed by atoms with E-state index in [1.165, 1.54) is 38.2 Å². The second-order valence-corrected chi connectivity index (χ2v) is 9.90. The predicted molar refractivity (Wildman–Crippen MR) is 135 cm³/mol. The van der Waals surface area contributed by atoms with E-state index in [0.29, 0.717) is 42.0 Å². The van der Waals surface area contributed by atoms with Gasteiger partial charge in [0.15, 0.2) is 10.8 Å². The molecule has 2 heterocycles. The normalized spacial score (nSPS) is 11.4. The van der Waals surface area contributed by atoms with Crippen molar-refractivity contribution in [3.63, 3.8) is 0 Å². The van der Waals surface area contributed by atoms with Crippen LogP contribution in [0.25, 0.3) is 11.0 Å². The molecule has 13 heteroatoms. The van der Waals surface area contributed by atoms with Gasteiger partial charge in [-0.15, -0.1) is 0 Å². The summed E-state index contributed by atoms with van der Waals surface area (Å²) in [6.07, 6.45) is 2.17. The molecule has 0 spiro atoms. The zero-order valence-electron chi connectivity index (χ0n) is 20.8. The van der Waals surface area contributed by atoms with Gasteiger partial charge >= 0.3 is 5.69 Å². The predicted octanol–water partition coefficient (Wildman–Crippen LogP) is 2.49. The Kier molecular flexibility index (Phi) is 7.23. The van der Waals surface area contributed by atoms with E-state index in [1.54, 1.807) is 46.5 Å². The van der Waals surface area contributed by atoms with Crippen molar-refractivity contribution >= 4 is 26.7 Å². The summed E-state index contributed by atoms with van der Waals surface area (Å²) in [6, 6.07) is 11.2. The van der Waals surface area contributed by atoms with E-state index < -0.39 is 10.0 Å². The third-order valence-electron chi connectivity index (χ3n) is 5.58. The van der Waals surface area contributed by atoms with Crippen LogP contribution < -0.4 is 19.9 Å². The van der Waals surface area contributed by atoms with Crippen LogP contribution >= 0.6 is 0 Å². The minimum absolute atomic E-state index is 0.0873. The lowest BCUT2D eigenvalue weighted by Crippen LogP contribution is -2.19. The number of aryl methyl sites for hydroxylation is 3. The number of nitriles is 1. The molecule has 0 aliphatic heterocycles. The van der Waals surface area contributed by atoms with E-state index in [9.17, 15) is 18.5 Å². The molecule has 4 aromatic rings. The number of sulfonamides is 1. The second kappa shape index (κ2) is 10.4. The van der Waals surface area contributed by atoms with Gasteiger partial charge < -0.3 is 14.2 Å².